The number of hydrogen-bond donors (Lipinski definition) is 2. The van der Waals surface area contributed by atoms with Crippen LogP contribution in [-0.2, 0) is 28.6 Å². The molecule has 7 heteroatoms. The fourth-order valence-corrected chi connectivity index (χ4v) is 3.19. The Hall–Kier alpha value is -1.61. The third-order valence-corrected chi connectivity index (χ3v) is 4.35. The van der Waals surface area contributed by atoms with Gasteiger partial charge in [-0.2, -0.15) is 0 Å². The minimum Gasteiger partial charge on any atom is -0.370 e. The molecule has 0 saturated carbocycles. The van der Waals surface area contributed by atoms with Gasteiger partial charge in [-0.1, -0.05) is 54.6 Å². The first-order valence-electron chi connectivity index (χ1n) is 7.76. The van der Waals surface area contributed by atoms with Crippen LogP contribution in [0.3, 0.4) is 0 Å². The first-order valence-corrected chi connectivity index (χ1v) is 9.82. The predicted molar refractivity (Wildman–Crippen MR) is 114 cm³/mol. The van der Waals surface area contributed by atoms with Gasteiger partial charge in [-0.05, 0) is 23.1 Å². The quantitative estimate of drug-likeness (QED) is 0.368. The highest BCUT2D eigenvalue weighted by atomic mass is 127. The Bertz CT molecular complexity index is 793. The van der Waals surface area contributed by atoms with Crippen molar-refractivity contribution >= 4 is 39.8 Å². The van der Waals surface area contributed by atoms with Gasteiger partial charge in [-0.3, -0.25) is 0 Å². The molecule has 5 nitrogen and oxygen atoms in total. The Morgan fingerprint density at radius 2 is 1.64 bits per heavy atom. The van der Waals surface area contributed by atoms with Gasteiger partial charge in [0.2, 0.25) is 0 Å². The van der Waals surface area contributed by atoms with Gasteiger partial charge in [-0.15, -0.1) is 24.0 Å². The van der Waals surface area contributed by atoms with Crippen LogP contribution in [0.1, 0.15) is 16.7 Å². The van der Waals surface area contributed by atoms with E-state index in [9.17, 15) is 8.42 Å². The summed E-state index contributed by atoms with van der Waals surface area (Å²) in [6.45, 7) is 1.06. The van der Waals surface area contributed by atoms with Crippen LogP contribution in [0.4, 0.5) is 0 Å². The zero-order chi connectivity index (χ0) is 17.4. The summed E-state index contributed by atoms with van der Waals surface area (Å²) in [5.41, 5.74) is 8.75. The molecule has 0 atom stereocenters. The maximum absolute atomic E-state index is 11.5. The monoisotopic (exact) mass is 473 g/mol. The highest BCUT2D eigenvalue weighted by Gasteiger charge is 2.08. The fraction of sp³-hybridized carbons (Fsp3) is 0.278. The first-order chi connectivity index (χ1) is 11.4. The lowest BCUT2D eigenvalue weighted by atomic mass is 10.1. The molecule has 0 radical (unpaired) electrons. The average Bonchev–Trinajstić information content (AvgIpc) is 2.54. The number of aliphatic imine (C=N–C) groups is 1. The minimum atomic E-state index is -3.08. The van der Waals surface area contributed by atoms with E-state index in [2.05, 4.69) is 22.4 Å². The van der Waals surface area contributed by atoms with Crippen molar-refractivity contribution in [1.82, 2.24) is 5.32 Å². The Kier molecular flexibility index (Phi) is 8.91. The van der Waals surface area contributed by atoms with Crippen molar-refractivity contribution < 1.29 is 8.42 Å². The summed E-state index contributed by atoms with van der Waals surface area (Å²) in [5, 5.41) is 3.08. The molecule has 0 bridgehead atoms. The normalized spacial score (nSPS) is 11.6. The van der Waals surface area contributed by atoms with Crippen LogP contribution < -0.4 is 11.1 Å². The van der Waals surface area contributed by atoms with Crippen molar-refractivity contribution in [2.24, 2.45) is 10.7 Å². The summed E-state index contributed by atoms with van der Waals surface area (Å²) in [5.74, 6) is 0.375. The van der Waals surface area contributed by atoms with Gasteiger partial charge in [-0.25, -0.2) is 13.4 Å². The van der Waals surface area contributed by atoms with E-state index < -0.39 is 9.84 Å². The van der Waals surface area contributed by atoms with Crippen LogP contribution in [-0.4, -0.2) is 27.2 Å². The number of rotatable bonds is 7. The number of guanidine groups is 1. The lowest BCUT2D eigenvalue weighted by molar-refractivity contribution is 0.601. The van der Waals surface area contributed by atoms with E-state index in [-0.39, 0.29) is 29.7 Å². The van der Waals surface area contributed by atoms with Crippen LogP contribution in [0.15, 0.2) is 59.6 Å². The zero-order valence-electron chi connectivity index (χ0n) is 14.2. The summed E-state index contributed by atoms with van der Waals surface area (Å²) in [6, 6.07) is 17.5. The minimum absolute atomic E-state index is 0. The molecular formula is C18H24IN3O2S. The van der Waals surface area contributed by atoms with Crippen molar-refractivity contribution in [3.05, 3.63) is 71.3 Å². The average molecular weight is 473 g/mol. The van der Waals surface area contributed by atoms with E-state index in [1.54, 1.807) is 0 Å². The molecular weight excluding hydrogens is 449 g/mol. The van der Waals surface area contributed by atoms with Crippen molar-refractivity contribution in [3.63, 3.8) is 0 Å². The van der Waals surface area contributed by atoms with Crippen LogP contribution in [0.2, 0.25) is 0 Å². The second-order valence-corrected chi connectivity index (χ2v) is 7.84. The van der Waals surface area contributed by atoms with Gasteiger partial charge in [0.15, 0.2) is 15.8 Å². The Balaban J connectivity index is 0.00000312. The zero-order valence-corrected chi connectivity index (χ0v) is 17.3. The molecule has 2 aromatic carbocycles. The maximum Gasteiger partial charge on any atom is 0.188 e. The summed E-state index contributed by atoms with van der Waals surface area (Å²) >= 11 is 0. The largest absolute Gasteiger partial charge is 0.370 e. The number of benzene rings is 2. The van der Waals surface area contributed by atoms with E-state index in [0.717, 1.165) is 17.5 Å². The van der Waals surface area contributed by atoms with E-state index in [0.29, 0.717) is 19.0 Å². The second kappa shape index (κ2) is 10.4. The van der Waals surface area contributed by atoms with Gasteiger partial charge in [0, 0.05) is 12.8 Å². The van der Waals surface area contributed by atoms with Gasteiger partial charge in [0.1, 0.15) is 0 Å². The Labute approximate surface area is 166 Å². The molecule has 0 aliphatic heterocycles. The van der Waals surface area contributed by atoms with Crippen LogP contribution >= 0.6 is 24.0 Å². The highest BCUT2D eigenvalue weighted by Crippen LogP contribution is 2.13. The van der Waals surface area contributed by atoms with Gasteiger partial charge < -0.3 is 11.1 Å². The Morgan fingerprint density at radius 3 is 2.28 bits per heavy atom. The van der Waals surface area contributed by atoms with Crippen molar-refractivity contribution in [2.45, 2.75) is 18.7 Å². The SMILES string of the molecule is CS(=O)(=O)Cc1ccccc1CN=C(N)NCCc1ccccc1.I. The molecule has 136 valence electrons. The molecule has 0 fully saturated rings. The molecule has 0 unspecified atom stereocenters. The maximum atomic E-state index is 11.5. The van der Waals surface area contributed by atoms with E-state index in [4.69, 9.17) is 5.73 Å². The molecule has 0 saturated heterocycles. The van der Waals surface area contributed by atoms with Crippen molar-refractivity contribution in [1.29, 1.82) is 0 Å². The summed E-state index contributed by atoms with van der Waals surface area (Å²) in [7, 11) is -3.08. The van der Waals surface area contributed by atoms with Crippen LogP contribution in [0.25, 0.3) is 0 Å². The Morgan fingerprint density at radius 1 is 1.04 bits per heavy atom. The fourth-order valence-electron chi connectivity index (χ4n) is 2.34. The van der Waals surface area contributed by atoms with E-state index in [1.165, 1.54) is 11.8 Å². The molecule has 0 aliphatic carbocycles. The van der Waals surface area contributed by atoms with Gasteiger partial charge in [0.05, 0.1) is 12.3 Å². The molecule has 3 N–H and O–H groups in total. The topological polar surface area (TPSA) is 84.5 Å². The van der Waals surface area contributed by atoms with Crippen molar-refractivity contribution in [3.8, 4) is 0 Å². The second-order valence-electron chi connectivity index (χ2n) is 5.70. The summed E-state index contributed by atoms with van der Waals surface area (Å²) < 4.78 is 23.0. The summed E-state index contributed by atoms with van der Waals surface area (Å²) in [4.78, 5) is 4.30. The molecule has 0 aromatic heterocycles. The third-order valence-electron chi connectivity index (χ3n) is 3.52. The molecule has 0 spiro atoms. The van der Waals surface area contributed by atoms with Gasteiger partial charge in [0.25, 0.3) is 0 Å². The number of nitrogens with one attached hydrogen (secondary N) is 1. The van der Waals surface area contributed by atoms with Gasteiger partial charge >= 0.3 is 0 Å². The first kappa shape index (κ1) is 21.4. The lowest BCUT2D eigenvalue weighted by Crippen LogP contribution is -2.33. The molecule has 0 aliphatic rings. The lowest BCUT2D eigenvalue weighted by Gasteiger charge is -2.08. The molecule has 25 heavy (non-hydrogen) atoms. The molecule has 2 aromatic rings. The number of halogens is 1. The number of nitrogens with zero attached hydrogens (tertiary/aromatic N) is 1. The standard InChI is InChI=1S/C18H23N3O2S.HI/c1-24(22,23)14-17-10-6-5-9-16(17)13-21-18(19)20-12-11-15-7-3-2-4-8-15;/h2-10H,11-14H2,1H3,(H3,19,20,21);1H. The number of sulfone groups is 1. The van der Waals surface area contributed by atoms with Crippen molar-refractivity contribution in [2.75, 3.05) is 12.8 Å². The highest BCUT2D eigenvalue weighted by molar-refractivity contribution is 14.0. The molecule has 0 heterocycles. The number of nitrogens with two attached hydrogens (primary N) is 1. The van der Waals surface area contributed by atoms with Crippen LogP contribution in [0, 0.1) is 0 Å². The van der Waals surface area contributed by atoms with E-state index >= 15 is 0 Å². The third kappa shape index (κ3) is 8.35. The smallest absolute Gasteiger partial charge is 0.188 e. The molecule has 2 rings (SSSR count). The predicted octanol–water partition coefficient (Wildman–Crippen LogP) is 2.50. The molecule has 0 amide bonds. The summed E-state index contributed by atoms with van der Waals surface area (Å²) in [6.07, 6.45) is 2.09. The van der Waals surface area contributed by atoms with Crippen LogP contribution in [0.5, 0.6) is 0 Å². The number of hydrogen-bond acceptors (Lipinski definition) is 3. The van der Waals surface area contributed by atoms with E-state index in [1.807, 2.05) is 42.5 Å².